The molecule has 112 valence electrons. The molecule has 3 aromatic rings. The van der Waals surface area contributed by atoms with E-state index in [-0.39, 0.29) is 11.5 Å². The number of fused-ring (bicyclic) bond motifs is 2. The van der Waals surface area contributed by atoms with Gasteiger partial charge in [0.15, 0.2) is 0 Å². The average Bonchev–Trinajstić information content (AvgIpc) is 2.52. The van der Waals surface area contributed by atoms with Crippen molar-refractivity contribution in [2.24, 2.45) is 5.92 Å². The maximum absolute atomic E-state index is 12.5. The maximum Gasteiger partial charge on any atom is 0.265 e. The molecule has 0 saturated heterocycles. The van der Waals surface area contributed by atoms with Gasteiger partial charge in [-0.25, -0.2) is 4.98 Å². The van der Waals surface area contributed by atoms with Crippen molar-refractivity contribution >= 4 is 22.5 Å². The number of amides is 1. The summed E-state index contributed by atoms with van der Waals surface area (Å²) in [6.07, 6.45) is 1.55. The van der Waals surface area contributed by atoms with Crippen molar-refractivity contribution in [2.45, 2.75) is 13.8 Å². The summed E-state index contributed by atoms with van der Waals surface area (Å²) in [6, 6.07) is 10.6. The van der Waals surface area contributed by atoms with E-state index in [0.717, 1.165) is 0 Å². The molecule has 0 saturated carbocycles. The number of aromatic nitrogens is 2. The van der Waals surface area contributed by atoms with Crippen LogP contribution in [0, 0.1) is 5.92 Å². The van der Waals surface area contributed by atoms with Gasteiger partial charge in [-0.15, -0.1) is 0 Å². The normalized spacial score (nSPS) is 11.2. The Morgan fingerprint density at radius 2 is 2.00 bits per heavy atom. The standard InChI is InChI=1S/C17H17N3O2/c1-11(2)9-18-16(21)12-7-8-15-19-14-6-4-3-5-13(14)17(22)20(15)10-12/h3-8,10-11H,9H2,1-2H3,(H,18,21). The number of para-hydroxylation sites is 1. The zero-order chi connectivity index (χ0) is 15.7. The third kappa shape index (κ3) is 2.57. The highest BCUT2D eigenvalue weighted by Crippen LogP contribution is 2.10. The topological polar surface area (TPSA) is 63.5 Å². The second-order valence-corrected chi connectivity index (χ2v) is 5.68. The van der Waals surface area contributed by atoms with Crippen molar-refractivity contribution in [1.29, 1.82) is 0 Å². The van der Waals surface area contributed by atoms with Crippen LogP contribution < -0.4 is 10.9 Å². The first-order valence-electron chi connectivity index (χ1n) is 7.25. The molecule has 3 rings (SSSR count). The highest BCUT2D eigenvalue weighted by Gasteiger charge is 2.10. The van der Waals surface area contributed by atoms with Crippen LogP contribution in [-0.4, -0.2) is 21.8 Å². The zero-order valence-electron chi connectivity index (χ0n) is 12.5. The van der Waals surface area contributed by atoms with Gasteiger partial charge in [0, 0.05) is 12.7 Å². The van der Waals surface area contributed by atoms with E-state index < -0.39 is 0 Å². The number of pyridine rings is 1. The lowest BCUT2D eigenvalue weighted by molar-refractivity contribution is 0.0948. The predicted octanol–water partition coefficient (Wildman–Crippen LogP) is 2.23. The zero-order valence-corrected chi connectivity index (χ0v) is 12.5. The molecule has 1 N–H and O–H groups in total. The molecule has 1 aromatic carbocycles. The van der Waals surface area contributed by atoms with Crippen LogP contribution in [0.1, 0.15) is 24.2 Å². The van der Waals surface area contributed by atoms with Crippen molar-refractivity contribution in [3.05, 3.63) is 58.5 Å². The van der Waals surface area contributed by atoms with Gasteiger partial charge in [-0.05, 0) is 30.2 Å². The molecule has 0 unspecified atom stereocenters. The molecule has 5 nitrogen and oxygen atoms in total. The summed E-state index contributed by atoms with van der Waals surface area (Å²) >= 11 is 0. The van der Waals surface area contributed by atoms with Crippen LogP contribution in [0.25, 0.3) is 16.6 Å². The van der Waals surface area contributed by atoms with Crippen LogP contribution >= 0.6 is 0 Å². The monoisotopic (exact) mass is 295 g/mol. The number of nitrogens with zero attached hydrogens (tertiary/aromatic N) is 2. The second-order valence-electron chi connectivity index (χ2n) is 5.68. The van der Waals surface area contributed by atoms with Crippen LogP contribution in [0.5, 0.6) is 0 Å². The first-order valence-corrected chi connectivity index (χ1v) is 7.25. The lowest BCUT2D eigenvalue weighted by Crippen LogP contribution is -2.28. The van der Waals surface area contributed by atoms with E-state index in [4.69, 9.17) is 0 Å². The Morgan fingerprint density at radius 3 is 2.77 bits per heavy atom. The maximum atomic E-state index is 12.5. The molecule has 2 heterocycles. The third-order valence-corrected chi connectivity index (χ3v) is 3.45. The van der Waals surface area contributed by atoms with Gasteiger partial charge in [-0.2, -0.15) is 0 Å². The van der Waals surface area contributed by atoms with Gasteiger partial charge in [0.2, 0.25) is 0 Å². The van der Waals surface area contributed by atoms with Gasteiger partial charge >= 0.3 is 0 Å². The number of carbonyl (C=O) groups excluding carboxylic acids is 1. The largest absolute Gasteiger partial charge is 0.352 e. The summed E-state index contributed by atoms with van der Waals surface area (Å²) in [4.78, 5) is 29.1. The molecular weight excluding hydrogens is 278 g/mol. The minimum absolute atomic E-state index is 0.167. The van der Waals surface area contributed by atoms with Gasteiger partial charge in [0.25, 0.3) is 11.5 Å². The third-order valence-electron chi connectivity index (χ3n) is 3.45. The summed E-state index contributed by atoms with van der Waals surface area (Å²) in [5, 5.41) is 3.39. The molecule has 5 heteroatoms. The van der Waals surface area contributed by atoms with Crippen LogP contribution in [0.3, 0.4) is 0 Å². The van der Waals surface area contributed by atoms with Crippen molar-refractivity contribution in [3.63, 3.8) is 0 Å². The first kappa shape index (κ1) is 14.3. The fourth-order valence-corrected chi connectivity index (χ4v) is 2.29. The molecule has 0 aliphatic carbocycles. The van der Waals surface area contributed by atoms with Gasteiger partial charge in [0.05, 0.1) is 16.5 Å². The molecule has 0 spiro atoms. The smallest absolute Gasteiger partial charge is 0.265 e. The van der Waals surface area contributed by atoms with Crippen molar-refractivity contribution in [1.82, 2.24) is 14.7 Å². The summed E-state index contributed by atoms with van der Waals surface area (Å²) in [5.41, 5.74) is 1.47. The molecule has 0 aliphatic rings. The van der Waals surface area contributed by atoms with Crippen LogP contribution in [0.4, 0.5) is 0 Å². The van der Waals surface area contributed by atoms with Crippen LogP contribution in [0.15, 0.2) is 47.4 Å². The minimum Gasteiger partial charge on any atom is -0.352 e. The molecular formula is C17H17N3O2. The summed E-state index contributed by atoms with van der Waals surface area (Å²) < 4.78 is 1.42. The van der Waals surface area contributed by atoms with E-state index in [2.05, 4.69) is 10.3 Å². The fraction of sp³-hybridized carbons (Fsp3) is 0.235. The Bertz CT molecular complexity index is 913. The van der Waals surface area contributed by atoms with E-state index in [1.54, 1.807) is 36.5 Å². The van der Waals surface area contributed by atoms with E-state index in [1.807, 2.05) is 19.9 Å². The van der Waals surface area contributed by atoms with Gasteiger partial charge < -0.3 is 5.32 Å². The van der Waals surface area contributed by atoms with E-state index in [1.165, 1.54) is 4.40 Å². The van der Waals surface area contributed by atoms with Crippen molar-refractivity contribution in [2.75, 3.05) is 6.54 Å². The summed E-state index contributed by atoms with van der Waals surface area (Å²) in [5.74, 6) is 0.188. The van der Waals surface area contributed by atoms with Gasteiger partial charge in [-0.3, -0.25) is 14.0 Å². The quantitative estimate of drug-likeness (QED) is 0.754. The minimum atomic E-state index is -0.185. The Hall–Kier alpha value is -2.69. The Balaban J connectivity index is 2.09. The Kier molecular flexibility index (Phi) is 3.63. The van der Waals surface area contributed by atoms with E-state index >= 15 is 0 Å². The molecule has 2 aromatic heterocycles. The number of rotatable bonds is 3. The molecule has 0 bridgehead atoms. The molecule has 0 atom stereocenters. The van der Waals surface area contributed by atoms with Crippen LogP contribution in [0.2, 0.25) is 0 Å². The molecule has 0 aliphatic heterocycles. The number of benzene rings is 1. The fourth-order valence-electron chi connectivity index (χ4n) is 2.29. The molecule has 1 amide bonds. The number of carbonyl (C=O) groups is 1. The Labute approximate surface area is 127 Å². The summed E-state index contributed by atoms with van der Waals surface area (Å²) in [7, 11) is 0. The first-order chi connectivity index (χ1) is 10.6. The number of hydrogen-bond donors (Lipinski definition) is 1. The van der Waals surface area contributed by atoms with E-state index in [0.29, 0.717) is 34.6 Å². The SMILES string of the molecule is CC(C)CNC(=O)c1ccc2nc3ccccc3c(=O)n2c1. The molecule has 0 fully saturated rings. The Morgan fingerprint density at radius 1 is 1.23 bits per heavy atom. The van der Waals surface area contributed by atoms with Crippen molar-refractivity contribution < 1.29 is 4.79 Å². The molecule has 22 heavy (non-hydrogen) atoms. The number of hydrogen-bond acceptors (Lipinski definition) is 3. The van der Waals surface area contributed by atoms with Crippen LogP contribution in [-0.2, 0) is 0 Å². The number of nitrogens with one attached hydrogen (secondary N) is 1. The van der Waals surface area contributed by atoms with E-state index in [9.17, 15) is 9.59 Å². The molecule has 0 radical (unpaired) electrons. The highest BCUT2D eigenvalue weighted by molar-refractivity contribution is 5.94. The lowest BCUT2D eigenvalue weighted by atomic mass is 10.2. The van der Waals surface area contributed by atoms with Crippen molar-refractivity contribution in [3.8, 4) is 0 Å². The second kappa shape index (κ2) is 5.60. The highest BCUT2D eigenvalue weighted by atomic mass is 16.1. The summed E-state index contributed by atoms with van der Waals surface area (Å²) in [6.45, 7) is 4.66. The average molecular weight is 295 g/mol. The predicted molar refractivity (Wildman–Crippen MR) is 86.1 cm³/mol. The van der Waals surface area contributed by atoms with Gasteiger partial charge in [0.1, 0.15) is 5.65 Å². The lowest BCUT2D eigenvalue weighted by Gasteiger charge is -2.09. The van der Waals surface area contributed by atoms with Gasteiger partial charge in [-0.1, -0.05) is 26.0 Å².